The van der Waals surface area contributed by atoms with Gasteiger partial charge in [0.15, 0.2) is 5.60 Å². The first-order chi connectivity index (χ1) is 6.85. The molecule has 0 spiro atoms. The van der Waals surface area contributed by atoms with Gasteiger partial charge in [-0.1, -0.05) is 13.8 Å². The fourth-order valence-electron chi connectivity index (χ4n) is 2.52. The van der Waals surface area contributed by atoms with Crippen molar-refractivity contribution in [1.29, 1.82) is 0 Å². The number of carbonyl (C=O) groups is 1. The van der Waals surface area contributed by atoms with Gasteiger partial charge in [0.1, 0.15) is 0 Å². The van der Waals surface area contributed by atoms with E-state index in [1.165, 1.54) is 6.92 Å². The number of hydrogen-bond acceptors (Lipinski definition) is 2. The third-order valence-electron chi connectivity index (χ3n) is 3.94. The van der Waals surface area contributed by atoms with E-state index in [1.807, 2.05) is 0 Å². The topological polar surface area (TPSA) is 57.5 Å². The first-order valence-corrected chi connectivity index (χ1v) is 5.81. The van der Waals surface area contributed by atoms with Gasteiger partial charge in [0, 0.05) is 0 Å². The summed E-state index contributed by atoms with van der Waals surface area (Å²) in [6.45, 7) is 5.84. The van der Waals surface area contributed by atoms with Crippen molar-refractivity contribution < 1.29 is 15.0 Å². The highest BCUT2D eigenvalue weighted by Crippen LogP contribution is 2.38. The molecule has 1 fully saturated rings. The molecule has 1 rings (SSSR count). The molecule has 0 radical (unpaired) electrons. The van der Waals surface area contributed by atoms with E-state index in [1.54, 1.807) is 0 Å². The first kappa shape index (κ1) is 12.5. The summed E-state index contributed by atoms with van der Waals surface area (Å²) in [5.41, 5.74) is -1.54. The van der Waals surface area contributed by atoms with Gasteiger partial charge in [-0.15, -0.1) is 0 Å². The van der Waals surface area contributed by atoms with Gasteiger partial charge in [-0.25, -0.2) is 4.79 Å². The Labute approximate surface area is 91.5 Å². The van der Waals surface area contributed by atoms with Crippen LogP contribution in [0.15, 0.2) is 0 Å². The number of rotatable bonds is 3. The molecule has 0 aromatic heterocycles. The molecule has 0 heterocycles. The van der Waals surface area contributed by atoms with Gasteiger partial charge in [0.05, 0.1) is 0 Å². The Morgan fingerprint density at radius 3 is 2.07 bits per heavy atom. The quantitative estimate of drug-likeness (QED) is 0.757. The van der Waals surface area contributed by atoms with Gasteiger partial charge in [-0.05, 0) is 50.4 Å². The van der Waals surface area contributed by atoms with Crippen LogP contribution in [0.1, 0.15) is 46.5 Å². The molecule has 0 aromatic carbocycles. The van der Waals surface area contributed by atoms with Gasteiger partial charge >= 0.3 is 5.97 Å². The summed E-state index contributed by atoms with van der Waals surface area (Å²) in [5, 5.41) is 18.8. The molecule has 2 N–H and O–H groups in total. The molecule has 1 saturated carbocycles. The Balaban J connectivity index is 2.54. The monoisotopic (exact) mass is 214 g/mol. The van der Waals surface area contributed by atoms with E-state index in [0.29, 0.717) is 11.8 Å². The van der Waals surface area contributed by atoms with Crippen LogP contribution in [0.25, 0.3) is 0 Å². The molecule has 0 aliphatic heterocycles. The van der Waals surface area contributed by atoms with Crippen molar-refractivity contribution in [2.45, 2.75) is 52.1 Å². The van der Waals surface area contributed by atoms with Crippen LogP contribution in [0, 0.1) is 17.8 Å². The maximum Gasteiger partial charge on any atom is 0.335 e. The minimum Gasteiger partial charge on any atom is -0.479 e. The molecule has 1 aliphatic carbocycles. The third kappa shape index (κ3) is 2.71. The minimum absolute atomic E-state index is 0.0787. The summed E-state index contributed by atoms with van der Waals surface area (Å²) in [6.07, 6.45) is 3.77. The number of hydrogen-bond donors (Lipinski definition) is 2. The number of carboxylic acid groups (broad SMARTS) is 1. The van der Waals surface area contributed by atoms with Crippen molar-refractivity contribution in [3.8, 4) is 0 Å². The second-order valence-electron chi connectivity index (χ2n) is 5.31. The van der Waals surface area contributed by atoms with Crippen molar-refractivity contribution in [3.63, 3.8) is 0 Å². The summed E-state index contributed by atoms with van der Waals surface area (Å²) < 4.78 is 0. The average Bonchev–Trinajstić information content (AvgIpc) is 2.17. The molecule has 1 aliphatic rings. The lowest BCUT2D eigenvalue weighted by atomic mass is 9.71. The Kier molecular flexibility index (Phi) is 3.77. The molecule has 0 amide bonds. The van der Waals surface area contributed by atoms with Crippen LogP contribution >= 0.6 is 0 Å². The Hall–Kier alpha value is -0.570. The van der Waals surface area contributed by atoms with E-state index in [9.17, 15) is 9.90 Å². The lowest BCUT2D eigenvalue weighted by molar-refractivity contribution is -0.164. The molecular weight excluding hydrogens is 192 g/mol. The highest BCUT2D eigenvalue weighted by atomic mass is 16.4. The maximum absolute atomic E-state index is 10.9. The van der Waals surface area contributed by atoms with Crippen molar-refractivity contribution in [3.05, 3.63) is 0 Å². The average molecular weight is 214 g/mol. The number of aliphatic carboxylic acids is 1. The normalized spacial score (nSPS) is 31.3. The molecule has 1 unspecified atom stereocenters. The van der Waals surface area contributed by atoms with Gasteiger partial charge in [-0.3, -0.25) is 0 Å². The second kappa shape index (κ2) is 4.52. The predicted molar refractivity (Wildman–Crippen MR) is 58.5 cm³/mol. The Morgan fingerprint density at radius 2 is 1.73 bits per heavy atom. The third-order valence-corrected chi connectivity index (χ3v) is 3.94. The van der Waals surface area contributed by atoms with E-state index in [4.69, 9.17) is 5.11 Å². The highest BCUT2D eigenvalue weighted by Gasteiger charge is 2.41. The molecule has 3 nitrogen and oxygen atoms in total. The van der Waals surface area contributed by atoms with E-state index >= 15 is 0 Å². The summed E-state index contributed by atoms with van der Waals surface area (Å²) in [6, 6.07) is 0. The molecule has 15 heavy (non-hydrogen) atoms. The van der Waals surface area contributed by atoms with Crippen molar-refractivity contribution in [2.75, 3.05) is 0 Å². The van der Waals surface area contributed by atoms with Crippen LogP contribution in [0.2, 0.25) is 0 Å². The van der Waals surface area contributed by atoms with E-state index in [-0.39, 0.29) is 5.92 Å². The zero-order chi connectivity index (χ0) is 11.6. The summed E-state index contributed by atoms with van der Waals surface area (Å²) in [7, 11) is 0. The summed E-state index contributed by atoms with van der Waals surface area (Å²) in [5.74, 6) is 0.201. The molecule has 0 saturated heterocycles. The first-order valence-electron chi connectivity index (χ1n) is 5.81. The molecule has 3 heteroatoms. The maximum atomic E-state index is 10.9. The van der Waals surface area contributed by atoms with Crippen LogP contribution in [-0.2, 0) is 4.79 Å². The summed E-state index contributed by atoms with van der Waals surface area (Å²) in [4.78, 5) is 10.9. The molecule has 88 valence electrons. The van der Waals surface area contributed by atoms with Crippen molar-refractivity contribution in [2.24, 2.45) is 17.8 Å². The van der Waals surface area contributed by atoms with Crippen molar-refractivity contribution in [1.82, 2.24) is 0 Å². The van der Waals surface area contributed by atoms with Crippen LogP contribution in [0.4, 0.5) is 0 Å². The fraction of sp³-hybridized carbons (Fsp3) is 0.917. The number of aliphatic hydroxyl groups is 1. The van der Waals surface area contributed by atoms with Crippen LogP contribution in [0.5, 0.6) is 0 Å². The molecular formula is C12H22O3. The minimum atomic E-state index is -1.54. The molecule has 0 bridgehead atoms. The predicted octanol–water partition coefficient (Wildman–Crippen LogP) is 2.28. The fourth-order valence-corrected chi connectivity index (χ4v) is 2.52. The van der Waals surface area contributed by atoms with Gasteiger partial charge < -0.3 is 10.2 Å². The summed E-state index contributed by atoms with van der Waals surface area (Å²) >= 11 is 0. The largest absolute Gasteiger partial charge is 0.479 e. The van der Waals surface area contributed by atoms with Crippen LogP contribution in [-0.4, -0.2) is 21.8 Å². The second-order valence-corrected chi connectivity index (χ2v) is 5.31. The van der Waals surface area contributed by atoms with Gasteiger partial charge in [0.2, 0.25) is 0 Å². The van der Waals surface area contributed by atoms with Crippen LogP contribution in [0.3, 0.4) is 0 Å². The Morgan fingerprint density at radius 1 is 1.27 bits per heavy atom. The van der Waals surface area contributed by atoms with E-state index < -0.39 is 11.6 Å². The molecule has 1 atom stereocenters. The van der Waals surface area contributed by atoms with Gasteiger partial charge in [-0.2, -0.15) is 0 Å². The lowest BCUT2D eigenvalue weighted by Crippen LogP contribution is -2.44. The zero-order valence-electron chi connectivity index (χ0n) is 9.86. The van der Waals surface area contributed by atoms with Crippen LogP contribution < -0.4 is 0 Å². The molecule has 0 aromatic rings. The SMILES string of the molecule is CC(C)C1CCC(C(C)(O)C(=O)O)CC1. The zero-order valence-corrected chi connectivity index (χ0v) is 9.86. The smallest absolute Gasteiger partial charge is 0.335 e. The van der Waals surface area contributed by atoms with Crippen molar-refractivity contribution >= 4 is 5.97 Å². The van der Waals surface area contributed by atoms with Gasteiger partial charge in [0.25, 0.3) is 0 Å². The van der Waals surface area contributed by atoms with E-state index in [2.05, 4.69) is 13.8 Å². The lowest BCUT2D eigenvalue weighted by Gasteiger charge is -2.36. The van der Waals surface area contributed by atoms with E-state index in [0.717, 1.165) is 25.7 Å². The highest BCUT2D eigenvalue weighted by molar-refractivity contribution is 5.76. The Bertz CT molecular complexity index is 225. The standard InChI is InChI=1S/C12H22O3/c1-8(2)9-4-6-10(7-5-9)12(3,15)11(13)14/h8-10,15H,4-7H2,1-3H3,(H,13,14). The number of carboxylic acids is 1.